The van der Waals surface area contributed by atoms with Gasteiger partial charge in [-0.1, -0.05) is 24.3 Å². The maximum atomic E-state index is 11.7. The van der Waals surface area contributed by atoms with Gasteiger partial charge in [0.05, 0.1) is 32.3 Å². The number of aryl methyl sites for hydroxylation is 4. The smallest absolute Gasteiger partial charge is 0.358 e. The molecule has 0 aliphatic rings. The van der Waals surface area contributed by atoms with Crippen LogP contribution in [-0.4, -0.2) is 99.0 Å². The lowest BCUT2D eigenvalue weighted by molar-refractivity contribution is 0.0510. The minimum absolute atomic E-state index is 0.0174. The number of aldehydes is 1. The summed E-state index contributed by atoms with van der Waals surface area (Å²) in [5, 5.41) is 17.6. The van der Waals surface area contributed by atoms with Crippen molar-refractivity contribution in [2.45, 2.75) is 46.2 Å². The van der Waals surface area contributed by atoms with Gasteiger partial charge in [-0.2, -0.15) is 0 Å². The first-order chi connectivity index (χ1) is 32.4. The number of benzene rings is 2. The number of aliphatic hydroxyl groups excluding tert-OH is 2. The fourth-order valence-corrected chi connectivity index (χ4v) is 5.79. The topological polar surface area (TPSA) is 226 Å². The molecule has 0 aliphatic heterocycles. The highest BCUT2D eigenvalue weighted by Gasteiger charge is 2.12. The fraction of sp³-hybridized carbons (Fsp3) is 0.283. The Morgan fingerprint density at radius 1 is 0.612 bits per heavy atom. The zero-order chi connectivity index (χ0) is 48.6. The zero-order valence-corrected chi connectivity index (χ0v) is 38.9. The summed E-state index contributed by atoms with van der Waals surface area (Å²) in [6.45, 7) is 5.09. The Bertz CT molecular complexity index is 2670. The highest BCUT2D eigenvalue weighted by Crippen LogP contribution is 2.15. The van der Waals surface area contributed by atoms with Crippen molar-refractivity contribution >= 4 is 29.8 Å². The predicted molar refractivity (Wildman–Crippen MR) is 247 cm³/mol. The van der Waals surface area contributed by atoms with Crippen molar-refractivity contribution in [3.05, 3.63) is 169 Å². The van der Waals surface area contributed by atoms with Crippen molar-refractivity contribution in [3.8, 4) is 11.4 Å². The Hall–Kier alpha value is -7.52. The number of carbonyl (C=O) groups excluding carboxylic acids is 3. The molecule has 6 heterocycles. The van der Waals surface area contributed by atoms with Gasteiger partial charge in [-0.25, -0.2) is 39.5 Å². The van der Waals surface area contributed by atoms with E-state index in [1.54, 1.807) is 101 Å². The number of rotatable bonds is 14. The van der Waals surface area contributed by atoms with Gasteiger partial charge in [0.25, 0.3) is 0 Å². The maximum Gasteiger partial charge on any atom is 0.358 e. The molecule has 8 aromatic rings. The molecule has 21 heteroatoms. The van der Waals surface area contributed by atoms with Gasteiger partial charge in [-0.05, 0) is 49.2 Å². The molecule has 0 fully saturated rings. The zero-order valence-electron chi connectivity index (χ0n) is 38.2. The summed E-state index contributed by atoms with van der Waals surface area (Å²) in [5.74, 6) is 2.58. The van der Waals surface area contributed by atoms with Gasteiger partial charge in [0.2, 0.25) is 0 Å². The lowest BCUT2D eigenvalue weighted by atomic mass is 10.2. The number of aliphatic hydroxyl groups is 2. The minimum atomic E-state index is -0.436. The number of carbonyl (C=O) groups is 3. The van der Waals surface area contributed by atoms with E-state index < -0.39 is 11.9 Å². The lowest BCUT2D eigenvalue weighted by Crippen LogP contribution is -2.04. The number of alkyl halides is 1. The van der Waals surface area contributed by atoms with E-state index in [9.17, 15) is 14.4 Å². The van der Waals surface area contributed by atoms with Crippen LogP contribution in [0.5, 0.6) is 0 Å². The molecule has 20 nitrogen and oxygen atoms in total. The first-order valence-corrected chi connectivity index (χ1v) is 21.3. The van der Waals surface area contributed by atoms with Gasteiger partial charge < -0.3 is 51.8 Å². The molecule has 0 spiro atoms. The van der Waals surface area contributed by atoms with Crippen LogP contribution < -0.4 is 0 Å². The van der Waals surface area contributed by atoms with Crippen LogP contribution in [0.3, 0.4) is 0 Å². The molecule has 67 heavy (non-hydrogen) atoms. The van der Waals surface area contributed by atoms with Crippen molar-refractivity contribution in [1.29, 1.82) is 0 Å². The van der Waals surface area contributed by atoms with Crippen LogP contribution in [0.15, 0.2) is 123 Å². The molecule has 2 N–H and O–H groups in total. The average molecular weight is 939 g/mol. The van der Waals surface area contributed by atoms with E-state index in [2.05, 4.69) is 29.9 Å². The molecule has 6 aromatic heterocycles. The number of aromatic nitrogens is 12. The molecule has 0 aliphatic carbocycles. The largest absolute Gasteiger partial charge is 0.461 e. The fourth-order valence-electron chi connectivity index (χ4n) is 5.53. The molecule has 354 valence electrons. The van der Waals surface area contributed by atoms with E-state index in [4.69, 9.17) is 36.0 Å². The number of hydrogen-bond donors (Lipinski definition) is 2. The third-order valence-corrected chi connectivity index (χ3v) is 9.46. The van der Waals surface area contributed by atoms with E-state index in [0.29, 0.717) is 49.7 Å². The third kappa shape index (κ3) is 16.5. The van der Waals surface area contributed by atoms with Crippen molar-refractivity contribution < 1.29 is 38.8 Å². The van der Waals surface area contributed by atoms with E-state index >= 15 is 0 Å². The molecule has 0 bridgehead atoms. The number of hydrogen-bond acceptors (Lipinski definition) is 14. The second kappa shape index (κ2) is 27.7. The van der Waals surface area contributed by atoms with Crippen LogP contribution in [0.1, 0.15) is 74.0 Å². The summed E-state index contributed by atoms with van der Waals surface area (Å²) in [4.78, 5) is 57.0. The average Bonchev–Trinajstić information content (AvgIpc) is 4.22. The molecular weight excluding hydrogens is 884 g/mol. The highest BCUT2D eigenvalue weighted by atomic mass is 35.5. The van der Waals surface area contributed by atoms with Crippen molar-refractivity contribution in [3.63, 3.8) is 0 Å². The van der Waals surface area contributed by atoms with Crippen molar-refractivity contribution in [2.24, 2.45) is 28.2 Å². The molecule has 2 aromatic carbocycles. The monoisotopic (exact) mass is 938 g/mol. The Balaban J connectivity index is 0.000000201. The van der Waals surface area contributed by atoms with E-state index in [0.717, 1.165) is 40.4 Å². The van der Waals surface area contributed by atoms with Crippen LogP contribution in [0.2, 0.25) is 0 Å². The first-order valence-electron chi connectivity index (χ1n) is 20.7. The molecule has 0 unspecified atom stereocenters. The molecular formula is C46H55ClN12O8. The summed E-state index contributed by atoms with van der Waals surface area (Å²) in [6, 6.07) is 15.2. The molecule has 0 saturated heterocycles. The Morgan fingerprint density at radius 3 is 1.48 bits per heavy atom. The maximum absolute atomic E-state index is 11.7. The molecule has 0 saturated carbocycles. The van der Waals surface area contributed by atoms with Crippen LogP contribution in [0, 0.1) is 0 Å². The van der Waals surface area contributed by atoms with Gasteiger partial charge in [-0.3, -0.25) is 4.79 Å². The Labute approximate surface area is 392 Å². The third-order valence-electron chi connectivity index (χ3n) is 9.22. The molecule has 0 radical (unpaired) electrons. The van der Waals surface area contributed by atoms with Crippen molar-refractivity contribution in [1.82, 2.24) is 57.3 Å². The van der Waals surface area contributed by atoms with Gasteiger partial charge in [0, 0.05) is 102 Å². The summed E-state index contributed by atoms with van der Waals surface area (Å²) in [7, 11) is 7.48. The van der Waals surface area contributed by atoms with Crippen molar-refractivity contribution in [2.75, 3.05) is 13.2 Å². The van der Waals surface area contributed by atoms with Crippen LogP contribution >= 0.6 is 11.6 Å². The highest BCUT2D eigenvalue weighted by molar-refractivity contribution is 6.16. The quantitative estimate of drug-likeness (QED) is 0.0797. The van der Waals surface area contributed by atoms with Crippen LogP contribution in [0.4, 0.5) is 0 Å². The van der Waals surface area contributed by atoms with Gasteiger partial charge in [-0.15, -0.1) is 11.6 Å². The second-order valence-corrected chi connectivity index (χ2v) is 14.2. The van der Waals surface area contributed by atoms with E-state index in [-0.39, 0.29) is 18.9 Å². The van der Waals surface area contributed by atoms with E-state index in [1.165, 1.54) is 0 Å². The number of ether oxygens (including phenoxy) is 3. The number of nitrogens with zero attached hydrogens (tertiary/aromatic N) is 12. The normalized spacial score (nSPS) is 10.2. The Morgan fingerprint density at radius 2 is 1.09 bits per heavy atom. The van der Waals surface area contributed by atoms with Crippen LogP contribution in [0.25, 0.3) is 11.4 Å². The standard InChI is InChI=1S/C18H20N4O3.C13H14N2O3.C5H7ClN2.C5H8N2O.C5H6N2O/c1-3-25-18(23)16-10-22(13-20-16)15-6-4-5-14(9-15)11-24-12-17-19-7-8-21(17)2;1-2-18-13(17)12-7-15(9-14-12)11-5-3-4-10(6-11)8-16;1-8-3-2-7-5(8)4-6;2*1-7-3-2-6-5(7)4-8/h4-10,13H,3,11-12H2,1-2H3;3-7,9,16H,2,8H2,1H3;2-3H,4H2,1H3;2-3,8H,4H2,1H3;2-4H,1H3. The number of halogens is 1. The lowest BCUT2D eigenvalue weighted by Gasteiger charge is -2.07. The second-order valence-electron chi connectivity index (χ2n) is 13.9. The van der Waals surface area contributed by atoms with Gasteiger partial charge >= 0.3 is 11.9 Å². The van der Waals surface area contributed by atoms with Gasteiger partial charge in [0.1, 0.15) is 43.3 Å². The summed E-state index contributed by atoms with van der Waals surface area (Å²) >= 11 is 5.49. The molecule has 8 rings (SSSR count). The summed E-state index contributed by atoms with van der Waals surface area (Å²) < 4.78 is 26.3. The minimum Gasteiger partial charge on any atom is -0.461 e. The van der Waals surface area contributed by atoms with Crippen LogP contribution in [-0.2, 0) is 74.7 Å². The van der Waals surface area contributed by atoms with E-state index in [1.807, 2.05) is 91.2 Å². The summed E-state index contributed by atoms with van der Waals surface area (Å²) in [5.41, 5.74) is 4.13. The summed E-state index contributed by atoms with van der Waals surface area (Å²) in [6.07, 6.45) is 21.1. The SMILES string of the molecule is CCOC(=O)c1cn(-c2cccc(CO)c2)cn1.CCOC(=O)c1cn(-c2cccc(COCc3nccn3C)c2)cn1.Cn1ccnc1C=O.Cn1ccnc1CCl.Cn1ccnc1CO. The molecule has 0 amide bonds. The predicted octanol–water partition coefficient (Wildman–Crippen LogP) is 5.34. The number of imidazole rings is 6. The first kappa shape index (κ1) is 52.1. The number of esters is 2. The Kier molecular flexibility index (Phi) is 21.6. The molecule has 0 atom stereocenters. The van der Waals surface area contributed by atoms with Gasteiger partial charge in [0.15, 0.2) is 23.5 Å².